The van der Waals surface area contributed by atoms with Crippen molar-refractivity contribution < 1.29 is 19.4 Å². The molecule has 10 heteroatoms. The number of carboxylic acid groups (broad SMARTS) is 1. The van der Waals surface area contributed by atoms with Crippen molar-refractivity contribution in [2.75, 3.05) is 19.0 Å². The van der Waals surface area contributed by atoms with Crippen LogP contribution in [0, 0.1) is 11.3 Å². The summed E-state index contributed by atoms with van der Waals surface area (Å²) in [6.07, 6.45) is 2.25. The first-order chi connectivity index (χ1) is 13.9. The number of benzene rings is 1. The second-order valence-corrected chi connectivity index (χ2v) is 9.40. The number of allylic oxidation sites excluding steroid dienone is 4. The molecule has 0 radical (unpaired) electrons. The number of rotatable bonds is 9. The minimum atomic E-state index is -1.40. The summed E-state index contributed by atoms with van der Waals surface area (Å²) >= 11 is 30.9. The molecule has 1 fully saturated rings. The van der Waals surface area contributed by atoms with E-state index in [2.05, 4.69) is 11.9 Å². The molecule has 1 saturated carbocycles. The van der Waals surface area contributed by atoms with E-state index in [1.54, 1.807) is 19.1 Å². The Morgan fingerprint density at radius 3 is 2.50 bits per heavy atom. The number of halogens is 5. The fourth-order valence-electron chi connectivity index (χ4n) is 3.31. The first-order valence-corrected chi connectivity index (χ1v) is 10.4. The number of alkyl halides is 2. The fraction of sp³-hybridized carbons (Fsp3) is 0.300. The third kappa shape index (κ3) is 4.61. The van der Waals surface area contributed by atoms with Crippen molar-refractivity contribution in [1.82, 2.24) is 0 Å². The molecule has 2 rings (SSSR count). The van der Waals surface area contributed by atoms with Crippen molar-refractivity contribution in [3.8, 4) is 0 Å². The number of aromatic carboxylic acids is 1. The maximum Gasteiger partial charge on any atom is 0.337 e. The molecule has 30 heavy (non-hydrogen) atoms. The molecule has 0 aliphatic heterocycles. The molecule has 1 aromatic carbocycles. The maximum atomic E-state index is 12.0. The van der Waals surface area contributed by atoms with Crippen molar-refractivity contribution in [2.45, 2.75) is 11.3 Å². The van der Waals surface area contributed by atoms with E-state index in [9.17, 15) is 14.7 Å². The molecule has 1 aromatic rings. The lowest BCUT2D eigenvalue weighted by Gasteiger charge is -2.14. The molecular formula is C20H18Cl5NO4. The number of carbonyl (C=O) groups excluding carboxylic acids is 1. The molecule has 2 atom stereocenters. The zero-order valence-corrected chi connectivity index (χ0v) is 19.7. The molecule has 1 aliphatic rings. The third-order valence-electron chi connectivity index (χ3n) is 4.88. The van der Waals surface area contributed by atoms with Crippen molar-refractivity contribution in [2.24, 2.45) is 11.3 Å². The second-order valence-electron chi connectivity index (χ2n) is 6.74. The molecule has 5 nitrogen and oxygen atoms in total. The van der Waals surface area contributed by atoms with Gasteiger partial charge in [0.2, 0.25) is 0 Å². The maximum absolute atomic E-state index is 12.0. The van der Waals surface area contributed by atoms with Gasteiger partial charge in [0.05, 0.1) is 33.2 Å². The molecule has 0 aromatic heterocycles. The van der Waals surface area contributed by atoms with Crippen LogP contribution in [-0.4, -0.2) is 35.3 Å². The molecule has 0 heterocycles. The lowest BCUT2D eigenvalue weighted by atomic mass is 10.0. The Hall–Kier alpha value is -1.37. The Labute approximate surface area is 199 Å². The van der Waals surface area contributed by atoms with Gasteiger partial charge in [-0.3, -0.25) is 0 Å². The van der Waals surface area contributed by atoms with Crippen LogP contribution in [0.15, 0.2) is 52.3 Å². The molecule has 162 valence electrons. The Bertz CT molecular complexity index is 957. The summed E-state index contributed by atoms with van der Waals surface area (Å²) < 4.78 is 3.72. The zero-order valence-electron chi connectivity index (χ0n) is 15.9. The normalized spacial score (nSPS) is 23.3. The van der Waals surface area contributed by atoms with Crippen LogP contribution in [-0.2, 0) is 9.53 Å². The Morgan fingerprint density at radius 2 is 2.00 bits per heavy atom. The Morgan fingerprint density at radius 1 is 1.37 bits per heavy atom. The third-order valence-corrected chi connectivity index (χ3v) is 6.81. The van der Waals surface area contributed by atoms with Gasteiger partial charge in [0.25, 0.3) is 0 Å². The van der Waals surface area contributed by atoms with Gasteiger partial charge < -0.3 is 20.0 Å². The molecule has 1 aliphatic carbocycles. The highest BCUT2D eigenvalue weighted by Gasteiger charge is 2.76. The summed E-state index contributed by atoms with van der Waals surface area (Å²) in [6, 6.07) is 4.40. The predicted molar refractivity (Wildman–Crippen MR) is 122 cm³/mol. The summed E-state index contributed by atoms with van der Waals surface area (Å²) in [4.78, 5) is 23.3. The van der Waals surface area contributed by atoms with E-state index in [0.717, 1.165) is 0 Å². The zero-order chi connectivity index (χ0) is 22.9. The van der Waals surface area contributed by atoms with Crippen LogP contribution < -0.4 is 5.32 Å². The predicted octanol–water partition coefficient (Wildman–Crippen LogP) is 6.23. The van der Waals surface area contributed by atoms with E-state index in [1.807, 2.05) is 0 Å². The Kier molecular flexibility index (Phi) is 7.81. The highest BCUT2D eigenvalue weighted by atomic mass is 35.5. The standard InChI is InChI=1S/C20H18Cl5NO4/c1-10(6-15(23)16(30-3)11(2)21)17-19(9-27,20(17,24)25)8-26-12-4-5-14(22)13(7-12)18(28)29/h4-7,9,17,26H,2,8H2,1,3H3,(H,28,29)/b10-6+,16-15-. The average Bonchev–Trinajstić information content (AvgIpc) is 3.16. The summed E-state index contributed by atoms with van der Waals surface area (Å²) in [5.74, 6) is -1.54. The number of hydrogen-bond donors (Lipinski definition) is 2. The summed E-state index contributed by atoms with van der Waals surface area (Å²) in [5, 5.41) is 12.6. The van der Waals surface area contributed by atoms with Gasteiger partial charge in [-0.25, -0.2) is 4.79 Å². The SMILES string of the molecule is C=C(Cl)/C(OC)=C(Cl)\C=C(/C)C1C(Cl)(Cl)C1(C=O)CNc1ccc(Cl)c(C(=O)O)c1. The fourth-order valence-corrected chi connectivity index (χ4v) is 5.17. The number of methoxy groups -OCH3 is 1. The largest absolute Gasteiger partial charge is 0.494 e. The number of nitrogens with one attached hydrogen (secondary N) is 1. The van der Waals surface area contributed by atoms with E-state index in [4.69, 9.17) is 62.7 Å². The van der Waals surface area contributed by atoms with E-state index >= 15 is 0 Å². The number of hydrogen-bond acceptors (Lipinski definition) is 4. The average molecular weight is 514 g/mol. The smallest absolute Gasteiger partial charge is 0.337 e. The van der Waals surface area contributed by atoms with Crippen molar-refractivity contribution in [1.29, 1.82) is 0 Å². The second kappa shape index (κ2) is 9.41. The van der Waals surface area contributed by atoms with E-state index in [1.165, 1.54) is 19.2 Å². The number of ether oxygens (including phenoxy) is 1. The van der Waals surface area contributed by atoms with Gasteiger partial charge in [-0.2, -0.15) is 0 Å². The number of carbonyl (C=O) groups is 2. The van der Waals surface area contributed by atoms with E-state index < -0.39 is 21.6 Å². The summed E-state index contributed by atoms with van der Waals surface area (Å²) in [6.45, 7) is 5.36. The Balaban J connectivity index is 2.30. The van der Waals surface area contributed by atoms with Gasteiger partial charge in [-0.1, -0.05) is 70.2 Å². The monoisotopic (exact) mass is 511 g/mol. The van der Waals surface area contributed by atoms with Crippen LogP contribution in [0.3, 0.4) is 0 Å². The highest BCUT2D eigenvalue weighted by Crippen LogP contribution is 2.70. The molecular weight excluding hydrogens is 495 g/mol. The van der Waals surface area contributed by atoms with Gasteiger partial charge >= 0.3 is 5.97 Å². The van der Waals surface area contributed by atoms with Gasteiger partial charge in [-0.15, -0.1) is 0 Å². The van der Waals surface area contributed by atoms with Crippen molar-refractivity contribution in [3.05, 3.63) is 62.8 Å². The van der Waals surface area contributed by atoms with Crippen LogP contribution >= 0.6 is 58.0 Å². The highest BCUT2D eigenvalue weighted by molar-refractivity contribution is 6.53. The molecule has 2 N–H and O–H groups in total. The van der Waals surface area contributed by atoms with Crippen LogP contribution in [0.25, 0.3) is 0 Å². The molecule has 2 unspecified atom stereocenters. The first-order valence-electron chi connectivity index (χ1n) is 8.50. The quantitative estimate of drug-likeness (QED) is 0.177. The van der Waals surface area contributed by atoms with Gasteiger partial charge in [0, 0.05) is 18.2 Å². The number of aldehydes is 1. The van der Waals surface area contributed by atoms with Gasteiger partial charge in [-0.05, 0) is 31.2 Å². The van der Waals surface area contributed by atoms with Crippen LogP contribution in [0.5, 0.6) is 0 Å². The molecule has 0 saturated heterocycles. The summed E-state index contributed by atoms with van der Waals surface area (Å²) in [7, 11) is 1.40. The van der Waals surface area contributed by atoms with Crippen LogP contribution in [0.2, 0.25) is 5.02 Å². The number of carboxylic acids is 1. The molecule has 0 bridgehead atoms. The van der Waals surface area contributed by atoms with Crippen molar-refractivity contribution >= 4 is 75.9 Å². The van der Waals surface area contributed by atoms with Crippen LogP contribution in [0.4, 0.5) is 5.69 Å². The van der Waals surface area contributed by atoms with Crippen molar-refractivity contribution in [3.63, 3.8) is 0 Å². The van der Waals surface area contributed by atoms with Crippen LogP contribution in [0.1, 0.15) is 17.3 Å². The molecule has 0 spiro atoms. The van der Waals surface area contributed by atoms with E-state index in [0.29, 0.717) is 17.5 Å². The molecule has 0 amide bonds. The lowest BCUT2D eigenvalue weighted by Crippen LogP contribution is -2.23. The summed E-state index contributed by atoms with van der Waals surface area (Å²) in [5.41, 5.74) is -0.151. The van der Waals surface area contributed by atoms with E-state index in [-0.39, 0.29) is 33.0 Å². The topological polar surface area (TPSA) is 75.6 Å². The minimum absolute atomic E-state index is 0.0563. The van der Waals surface area contributed by atoms with Gasteiger partial charge in [0.1, 0.15) is 10.6 Å². The number of anilines is 1. The first kappa shape index (κ1) is 24.9. The van der Waals surface area contributed by atoms with Gasteiger partial charge in [0.15, 0.2) is 5.76 Å². The minimum Gasteiger partial charge on any atom is -0.494 e. The lowest BCUT2D eigenvalue weighted by molar-refractivity contribution is -0.112.